The van der Waals surface area contributed by atoms with Crippen molar-refractivity contribution in [3.63, 3.8) is 0 Å². The van der Waals surface area contributed by atoms with Crippen molar-refractivity contribution >= 4 is 50.8 Å². The molecule has 3 aromatic rings. The Hall–Kier alpha value is -2.65. The minimum absolute atomic E-state index is 0.0466. The number of aromatic nitrogens is 2. The molecule has 1 fully saturated rings. The molecule has 5 rings (SSSR count). The van der Waals surface area contributed by atoms with E-state index in [0.717, 1.165) is 55.4 Å². The second-order valence-corrected chi connectivity index (χ2v) is 10.2. The third-order valence-electron chi connectivity index (χ3n) is 5.90. The Labute approximate surface area is 193 Å². The van der Waals surface area contributed by atoms with Crippen molar-refractivity contribution in [1.82, 2.24) is 14.9 Å². The Kier molecular flexibility index (Phi) is 6.01. The maximum absolute atomic E-state index is 12.5. The maximum atomic E-state index is 12.5. The van der Waals surface area contributed by atoms with Crippen LogP contribution < -0.4 is 10.9 Å². The zero-order valence-electron chi connectivity index (χ0n) is 17.6. The fourth-order valence-electron chi connectivity index (χ4n) is 4.35. The van der Waals surface area contributed by atoms with Crippen LogP contribution in [-0.4, -0.2) is 45.5 Å². The lowest BCUT2D eigenvalue weighted by molar-refractivity contribution is -0.113. The normalized spacial score (nSPS) is 15.3. The van der Waals surface area contributed by atoms with E-state index in [1.807, 2.05) is 4.90 Å². The first kappa shape index (κ1) is 21.2. The van der Waals surface area contributed by atoms with Crippen LogP contribution in [0.5, 0.6) is 0 Å². The molecule has 2 aromatic heterocycles. The molecule has 0 atom stereocenters. The number of thioether (sulfide) groups is 1. The minimum atomic E-state index is -0.132. The molecule has 3 heterocycles. The van der Waals surface area contributed by atoms with Crippen LogP contribution in [0.25, 0.3) is 10.2 Å². The van der Waals surface area contributed by atoms with Crippen molar-refractivity contribution in [2.75, 3.05) is 24.2 Å². The Bertz CT molecular complexity index is 1230. The lowest BCUT2D eigenvalue weighted by Gasteiger charge is -2.15. The van der Waals surface area contributed by atoms with Gasteiger partial charge in [0.25, 0.3) is 11.5 Å². The highest BCUT2D eigenvalue weighted by Crippen LogP contribution is 2.34. The molecule has 2 amide bonds. The summed E-state index contributed by atoms with van der Waals surface area (Å²) in [5, 5.41) is 3.61. The Morgan fingerprint density at radius 3 is 2.69 bits per heavy atom. The number of fused-ring (bicyclic) bond motifs is 3. The van der Waals surface area contributed by atoms with E-state index < -0.39 is 0 Å². The van der Waals surface area contributed by atoms with Crippen LogP contribution in [0.4, 0.5) is 5.69 Å². The molecule has 1 aliphatic heterocycles. The number of anilines is 1. The first-order valence-corrected chi connectivity index (χ1v) is 12.9. The standard InChI is InChI=1S/C23H24N4O3S2/c28-19(24-15-8-6-14(7-9-15)23(30)27-10-1-2-11-27)13-31-12-18-25-21(29)20-16-4-3-5-17(16)32-22(20)26-18/h6-9H,1-5,10-13H2,(H,24,28)(H,25,26,29). The van der Waals surface area contributed by atoms with Crippen molar-refractivity contribution in [2.45, 2.75) is 37.9 Å². The van der Waals surface area contributed by atoms with Gasteiger partial charge in [-0.3, -0.25) is 14.4 Å². The molecule has 0 radical (unpaired) electrons. The summed E-state index contributed by atoms with van der Waals surface area (Å²) in [6.07, 6.45) is 5.23. The van der Waals surface area contributed by atoms with E-state index in [-0.39, 0.29) is 23.1 Å². The molecule has 0 bridgehead atoms. The Morgan fingerprint density at radius 1 is 1.12 bits per heavy atom. The molecule has 1 aromatic carbocycles. The summed E-state index contributed by atoms with van der Waals surface area (Å²) in [6, 6.07) is 7.03. The molecule has 0 spiro atoms. The molecule has 1 saturated heterocycles. The van der Waals surface area contributed by atoms with Gasteiger partial charge in [0.1, 0.15) is 10.7 Å². The number of H-pyrrole nitrogens is 1. The zero-order chi connectivity index (χ0) is 22.1. The Morgan fingerprint density at radius 2 is 1.91 bits per heavy atom. The van der Waals surface area contributed by atoms with E-state index in [4.69, 9.17) is 0 Å². The number of hydrogen-bond donors (Lipinski definition) is 2. The van der Waals surface area contributed by atoms with Crippen LogP contribution in [0.3, 0.4) is 0 Å². The summed E-state index contributed by atoms with van der Waals surface area (Å²) in [5.74, 6) is 1.23. The summed E-state index contributed by atoms with van der Waals surface area (Å²) in [6.45, 7) is 1.63. The lowest BCUT2D eigenvalue weighted by Crippen LogP contribution is -2.27. The molecular formula is C23H24N4O3S2. The molecule has 166 valence electrons. The second kappa shape index (κ2) is 9.07. The molecule has 2 N–H and O–H groups in total. The van der Waals surface area contributed by atoms with E-state index >= 15 is 0 Å². The topological polar surface area (TPSA) is 95.2 Å². The molecule has 7 nitrogen and oxygen atoms in total. The van der Waals surface area contributed by atoms with Crippen molar-refractivity contribution in [2.24, 2.45) is 0 Å². The third kappa shape index (κ3) is 4.31. The van der Waals surface area contributed by atoms with Gasteiger partial charge in [0.15, 0.2) is 0 Å². The van der Waals surface area contributed by atoms with Crippen molar-refractivity contribution in [1.29, 1.82) is 0 Å². The van der Waals surface area contributed by atoms with Gasteiger partial charge < -0.3 is 15.2 Å². The maximum Gasteiger partial charge on any atom is 0.259 e. The number of aromatic amines is 1. The second-order valence-electron chi connectivity index (χ2n) is 8.17. The number of carbonyl (C=O) groups excluding carboxylic acids is 2. The van der Waals surface area contributed by atoms with Crippen LogP contribution in [0, 0.1) is 0 Å². The van der Waals surface area contributed by atoms with E-state index in [1.54, 1.807) is 35.6 Å². The highest BCUT2D eigenvalue weighted by molar-refractivity contribution is 7.99. The van der Waals surface area contributed by atoms with E-state index in [0.29, 0.717) is 22.8 Å². The SMILES string of the molecule is O=C(CSCc1nc2sc3c(c2c(=O)[nH]1)CCC3)Nc1ccc(C(=O)N2CCCC2)cc1. The van der Waals surface area contributed by atoms with Gasteiger partial charge in [0.05, 0.1) is 16.9 Å². The van der Waals surface area contributed by atoms with Gasteiger partial charge >= 0.3 is 0 Å². The van der Waals surface area contributed by atoms with E-state index in [9.17, 15) is 14.4 Å². The number of likely N-dealkylation sites (tertiary alicyclic amines) is 1. The van der Waals surface area contributed by atoms with Crippen LogP contribution in [-0.2, 0) is 23.4 Å². The van der Waals surface area contributed by atoms with Crippen molar-refractivity contribution < 1.29 is 9.59 Å². The summed E-state index contributed by atoms with van der Waals surface area (Å²) >= 11 is 3.03. The predicted molar refractivity (Wildman–Crippen MR) is 129 cm³/mol. The molecule has 1 aliphatic carbocycles. The fraction of sp³-hybridized carbons (Fsp3) is 0.391. The van der Waals surface area contributed by atoms with Crippen molar-refractivity contribution in [3.8, 4) is 0 Å². The highest BCUT2D eigenvalue weighted by Gasteiger charge is 2.21. The van der Waals surface area contributed by atoms with Crippen LogP contribution >= 0.6 is 23.1 Å². The minimum Gasteiger partial charge on any atom is -0.339 e. The summed E-state index contributed by atoms with van der Waals surface area (Å²) in [7, 11) is 0. The van der Waals surface area contributed by atoms with Crippen LogP contribution in [0.2, 0.25) is 0 Å². The van der Waals surface area contributed by atoms with Gasteiger partial charge in [-0.1, -0.05) is 0 Å². The van der Waals surface area contributed by atoms with E-state index in [2.05, 4.69) is 15.3 Å². The Balaban J connectivity index is 1.14. The van der Waals surface area contributed by atoms with Crippen LogP contribution in [0.15, 0.2) is 29.1 Å². The van der Waals surface area contributed by atoms with Crippen molar-refractivity contribution in [3.05, 3.63) is 56.4 Å². The summed E-state index contributed by atoms with van der Waals surface area (Å²) in [5.41, 5.74) is 2.40. The first-order valence-electron chi connectivity index (χ1n) is 10.9. The van der Waals surface area contributed by atoms with Gasteiger partial charge in [-0.05, 0) is 61.9 Å². The average molecular weight is 469 g/mol. The van der Waals surface area contributed by atoms with Gasteiger partial charge in [-0.15, -0.1) is 23.1 Å². The smallest absolute Gasteiger partial charge is 0.259 e. The number of carbonyl (C=O) groups is 2. The quantitative estimate of drug-likeness (QED) is 0.577. The molecular weight excluding hydrogens is 444 g/mol. The first-order chi connectivity index (χ1) is 15.6. The summed E-state index contributed by atoms with van der Waals surface area (Å²) < 4.78 is 0. The number of aryl methyl sites for hydroxylation is 2. The fourth-order valence-corrected chi connectivity index (χ4v) is 6.32. The lowest BCUT2D eigenvalue weighted by atomic mass is 10.2. The number of benzene rings is 1. The predicted octanol–water partition coefficient (Wildman–Crippen LogP) is 3.58. The highest BCUT2D eigenvalue weighted by atomic mass is 32.2. The average Bonchev–Trinajstić information content (AvgIpc) is 3.51. The number of nitrogens with zero attached hydrogens (tertiary/aromatic N) is 2. The van der Waals surface area contributed by atoms with E-state index in [1.165, 1.54) is 22.2 Å². The zero-order valence-corrected chi connectivity index (χ0v) is 19.2. The van der Waals surface area contributed by atoms with Crippen LogP contribution in [0.1, 0.15) is 45.9 Å². The summed E-state index contributed by atoms with van der Waals surface area (Å²) in [4.78, 5) is 48.7. The number of hydrogen-bond acceptors (Lipinski definition) is 6. The molecule has 0 unspecified atom stereocenters. The number of nitrogens with one attached hydrogen (secondary N) is 2. The number of rotatable bonds is 6. The monoisotopic (exact) mass is 468 g/mol. The third-order valence-corrected chi connectivity index (χ3v) is 8.03. The van der Waals surface area contributed by atoms with Gasteiger partial charge in [0.2, 0.25) is 5.91 Å². The molecule has 0 saturated carbocycles. The number of thiophene rings is 1. The largest absolute Gasteiger partial charge is 0.339 e. The molecule has 9 heteroatoms. The molecule has 2 aliphatic rings. The van der Waals surface area contributed by atoms with Gasteiger partial charge in [-0.25, -0.2) is 4.98 Å². The van der Waals surface area contributed by atoms with Gasteiger partial charge in [-0.2, -0.15) is 0 Å². The number of amides is 2. The van der Waals surface area contributed by atoms with Gasteiger partial charge in [0, 0.05) is 29.2 Å². The molecule has 32 heavy (non-hydrogen) atoms.